The topological polar surface area (TPSA) is 131 Å². The predicted octanol–water partition coefficient (Wildman–Crippen LogP) is 4.97. The zero-order chi connectivity index (χ0) is 31.9. The minimum Gasteiger partial charge on any atom is -0.507 e. The van der Waals surface area contributed by atoms with Crippen LogP contribution in [0.2, 0.25) is 0 Å². The van der Waals surface area contributed by atoms with Gasteiger partial charge < -0.3 is 15.3 Å². The van der Waals surface area contributed by atoms with E-state index in [0.717, 1.165) is 52.3 Å². The number of nitrogens with one attached hydrogen (secondary N) is 1. The van der Waals surface area contributed by atoms with Gasteiger partial charge in [0.25, 0.3) is 5.91 Å². The molecular weight excluding hydrogens is 580 g/mol. The Morgan fingerprint density at radius 2 is 1.96 bits per heavy atom. The highest BCUT2D eigenvalue weighted by Gasteiger charge is 2.27. The van der Waals surface area contributed by atoms with Gasteiger partial charge in [0, 0.05) is 53.2 Å². The molecule has 0 bridgehead atoms. The number of imidazole rings is 1. The number of pyridine rings is 2. The highest BCUT2D eigenvalue weighted by molar-refractivity contribution is 5.97. The molecule has 0 radical (unpaired) electrons. The maximum absolute atomic E-state index is 13.4. The highest BCUT2D eigenvalue weighted by Crippen LogP contribution is 2.36. The Morgan fingerprint density at radius 1 is 1.09 bits per heavy atom. The standard InChI is InChI=1S/C35H32N8O3/c1-21-27(6-4-13-36-21)33-38-30-11-12-31(42-15-5-14-37-42)40-34(30)43(33)26-8-9-28-22(18-26)7-10-29(28)39-35(46)23-16-24(19-41(2)3)32(45)25(17-23)20-44/h4-6,8-9,11-18,20,29,45H,7,10,19H2,1-3H3,(H,39,46)/t29-/m0/s1. The monoisotopic (exact) mass is 612 g/mol. The molecule has 0 spiro atoms. The molecular formula is C35H32N8O3. The molecule has 0 fully saturated rings. The van der Waals surface area contributed by atoms with Crippen molar-refractivity contribution in [2.24, 2.45) is 0 Å². The molecule has 1 amide bonds. The molecule has 1 aliphatic carbocycles. The van der Waals surface area contributed by atoms with Crippen LogP contribution >= 0.6 is 0 Å². The van der Waals surface area contributed by atoms with E-state index in [9.17, 15) is 14.7 Å². The van der Waals surface area contributed by atoms with E-state index in [1.807, 2.05) is 68.5 Å². The third-order valence-electron chi connectivity index (χ3n) is 8.34. The lowest BCUT2D eigenvalue weighted by molar-refractivity contribution is 0.0936. The number of fused-ring (bicyclic) bond motifs is 2. The fourth-order valence-corrected chi connectivity index (χ4v) is 6.16. The molecule has 1 aliphatic rings. The lowest BCUT2D eigenvalue weighted by atomic mass is 10.0. The van der Waals surface area contributed by atoms with Gasteiger partial charge in [0.1, 0.15) is 17.1 Å². The molecule has 230 valence electrons. The average Bonchev–Trinajstić information content (AvgIpc) is 3.81. The molecule has 2 aromatic carbocycles. The number of hydrogen-bond acceptors (Lipinski definition) is 8. The number of nitrogens with zero attached hydrogens (tertiary/aromatic N) is 7. The van der Waals surface area contributed by atoms with E-state index < -0.39 is 0 Å². The van der Waals surface area contributed by atoms with Crippen LogP contribution in [0.3, 0.4) is 0 Å². The third kappa shape index (κ3) is 5.20. The number of aromatic hydroxyl groups is 1. The van der Waals surface area contributed by atoms with E-state index in [4.69, 9.17) is 9.97 Å². The second kappa shape index (κ2) is 11.7. The fourth-order valence-electron chi connectivity index (χ4n) is 6.16. The Bertz CT molecular complexity index is 2120. The number of aryl methyl sites for hydroxylation is 2. The number of phenolic OH excluding ortho intramolecular Hbond substituents is 1. The van der Waals surface area contributed by atoms with E-state index in [0.29, 0.717) is 35.4 Å². The number of carbonyl (C=O) groups excluding carboxylic acids is 2. The summed E-state index contributed by atoms with van der Waals surface area (Å²) in [6.45, 7) is 2.36. The molecule has 11 nitrogen and oxygen atoms in total. The van der Waals surface area contributed by atoms with Crippen LogP contribution < -0.4 is 5.32 Å². The summed E-state index contributed by atoms with van der Waals surface area (Å²) in [7, 11) is 3.72. The maximum Gasteiger partial charge on any atom is 0.251 e. The van der Waals surface area contributed by atoms with E-state index in [-0.39, 0.29) is 23.3 Å². The first-order chi connectivity index (χ1) is 22.3. The van der Waals surface area contributed by atoms with Gasteiger partial charge in [-0.3, -0.25) is 19.1 Å². The van der Waals surface area contributed by atoms with E-state index in [1.54, 1.807) is 23.1 Å². The van der Waals surface area contributed by atoms with E-state index in [1.165, 1.54) is 6.07 Å². The highest BCUT2D eigenvalue weighted by atomic mass is 16.3. The fraction of sp³-hybridized carbons (Fsp3) is 0.200. The summed E-state index contributed by atoms with van der Waals surface area (Å²) in [6, 6.07) is 18.7. The van der Waals surface area contributed by atoms with Gasteiger partial charge in [-0.25, -0.2) is 14.6 Å². The molecule has 4 aromatic heterocycles. The molecule has 46 heavy (non-hydrogen) atoms. The Kier molecular flexibility index (Phi) is 7.37. The zero-order valence-electron chi connectivity index (χ0n) is 25.7. The van der Waals surface area contributed by atoms with Gasteiger partial charge in [-0.15, -0.1) is 0 Å². The SMILES string of the molecule is Cc1ncccc1-c1nc2ccc(-n3cccn3)nc2n1-c1ccc2c(c1)CC[C@@H]2NC(=O)c1cc(C=O)c(O)c(CN(C)C)c1. The number of phenols is 1. The van der Waals surface area contributed by atoms with Crippen molar-refractivity contribution in [2.75, 3.05) is 14.1 Å². The van der Waals surface area contributed by atoms with E-state index in [2.05, 4.69) is 32.1 Å². The Balaban J connectivity index is 1.25. The largest absolute Gasteiger partial charge is 0.507 e. The second-order valence-corrected chi connectivity index (χ2v) is 11.7. The lowest BCUT2D eigenvalue weighted by Gasteiger charge is -2.17. The first kappa shape index (κ1) is 29.1. The molecule has 2 N–H and O–H groups in total. The normalized spacial score (nSPS) is 14.1. The summed E-state index contributed by atoms with van der Waals surface area (Å²) < 4.78 is 3.78. The van der Waals surface area contributed by atoms with Gasteiger partial charge in [0.2, 0.25) is 0 Å². The molecule has 0 unspecified atom stereocenters. The van der Waals surface area contributed by atoms with Gasteiger partial charge in [-0.2, -0.15) is 5.10 Å². The van der Waals surface area contributed by atoms with Crippen LogP contribution in [-0.2, 0) is 13.0 Å². The van der Waals surface area contributed by atoms with Crippen molar-refractivity contribution in [1.82, 2.24) is 39.5 Å². The van der Waals surface area contributed by atoms with Crippen LogP contribution in [0.15, 0.2) is 79.3 Å². The van der Waals surface area contributed by atoms with Crippen LogP contribution in [0.4, 0.5) is 0 Å². The first-order valence-corrected chi connectivity index (χ1v) is 15.0. The van der Waals surface area contributed by atoms with Crippen molar-refractivity contribution in [1.29, 1.82) is 0 Å². The Morgan fingerprint density at radius 3 is 2.72 bits per heavy atom. The van der Waals surface area contributed by atoms with Gasteiger partial charge in [-0.1, -0.05) is 6.07 Å². The summed E-state index contributed by atoms with van der Waals surface area (Å²) in [6.07, 6.45) is 7.42. The molecule has 0 saturated carbocycles. The quantitative estimate of drug-likeness (QED) is 0.230. The number of amides is 1. The first-order valence-electron chi connectivity index (χ1n) is 15.0. The Hall–Kier alpha value is -5.68. The minimum absolute atomic E-state index is 0.0949. The number of carbonyl (C=O) groups is 2. The van der Waals surface area contributed by atoms with Gasteiger partial charge in [0.15, 0.2) is 17.8 Å². The van der Waals surface area contributed by atoms with Crippen molar-refractivity contribution < 1.29 is 14.7 Å². The molecule has 6 aromatic rings. The number of hydrogen-bond donors (Lipinski definition) is 2. The number of benzene rings is 2. The van der Waals surface area contributed by atoms with Gasteiger partial charge in [0.05, 0.1) is 11.6 Å². The summed E-state index contributed by atoms with van der Waals surface area (Å²) in [5, 5.41) is 18.0. The van der Waals surface area contributed by atoms with Crippen LogP contribution in [0.5, 0.6) is 5.75 Å². The maximum atomic E-state index is 13.4. The summed E-state index contributed by atoms with van der Waals surface area (Å²) in [4.78, 5) is 41.4. The number of rotatable bonds is 8. The third-order valence-corrected chi connectivity index (χ3v) is 8.34. The van der Waals surface area contributed by atoms with Crippen molar-refractivity contribution in [3.8, 4) is 28.6 Å². The average molecular weight is 613 g/mol. The van der Waals surface area contributed by atoms with Crippen LogP contribution in [0, 0.1) is 6.92 Å². The minimum atomic E-state index is -0.296. The van der Waals surface area contributed by atoms with Crippen LogP contribution in [-0.4, -0.2) is 65.6 Å². The lowest BCUT2D eigenvalue weighted by Crippen LogP contribution is -2.27. The summed E-state index contributed by atoms with van der Waals surface area (Å²) >= 11 is 0. The van der Waals surface area contributed by atoms with Gasteiger partial charge in [-0.05, 0) is 99.6 Å². The van der Waals surface area contributed by atoms with E-state index >= 15 is 0 Å². The molecule has 0 aliphatic heterocycles. The summed E-state index contributed by atoms with van der Waals surface area (Å²) in [5.74, 6) is 1.02. The van der Waals surface area contributed by atoms with Crippen molar-refractivity contribution in [2.45, 2.75) is 32.4 Å². The molecule has 7 rings (SSSR count). The van der Waals surface area contributed by atoms with Crippen molar-refractivity contribution in [3.05, 3.63) is 113 Å². The predicted molar refractivity (Wildman–Crippen MR) is 173 cm³/mol. The summed E-state index contributed by atoms with van der Waals surface area (Å²) in [5.41, 5.74) is 7.22. The number of aromatic nitrogens is 6. The van der Waals surface area contributed by atoms with Gasteiger partial charge >= 0.3 is 0 Å². The zero-order valence-corrected chi connectivity index (χ0v) is 25.7. The smallest absolute Gasteiger partial charge is 0.251 e. The number of aldehydes is 1. The Labute approximate surface area is 265 Å². The van der Waals surface area contributed by atoms with Crippen molar-refractivity contribution in [3.63, 3.8) is 0 Å². The van der Waals surface area contributed by atoms with Crippen LogP contribution in [0.25, 0.3) is 34.1 Å². The molecule has 1 atom stereocenters. The molecule has 4 heterocycles. The van der Waals surface area contributed by atoms with Crippen LogP contribution in [0.1, 0.15) is 55.6 Å². The molecule has 0 saturated heterocycles. The van der Waals surface area contributed by atoms with Crippen molar-refractivity contribution >= 4 is 23.4 Å². The molecule has 11 heteroatoms. The second-order valence-electron chi connectivity index (χ2n) is 11.7.